The van der Waals surface area contributed by atoms with E-state index in [1.165, 1.54) is 6.07 Å². The van der Waals surface area contributed by atoms with E-state index >= 15 is 0 Å². The fourth-order valence-electron chi connectivity index (χ4n) is 2.63. The van der Waals surface area contributed by atoms with Crippen molar-refractivity contribution in [3.63, 3.8) is 0 Å². The normalized spacial score (nSPS) is 15.3. The van der Waals surface area contributed by atoms with Crippen molar-refractivity contribution in [1.29, 1.82) is 0 Å². The van der Waals surface area contributed by atoms with E-state index in [0.717, 1.165) is 24.4 Å². The van der Waals surface area contributed by atoms with Gasteiger partial charge in [0.2, 0.25) is 0 Å². The molecule has 0 aliphatic carbocycles. The Labute approximate surface area is 138 Å². The molecule has 2 amide bonds. The summed E-state index contributed by atoms with van der Waals surface area (Å²) < 4.78 is 27.2. The first-order valence-corrected chi connectivity index (χ1v) is 7.75. The Kier molecular flexibility index (Phi) is 5.00. The number of hydrogen-bond acceptors (Lipinski definition) is 3. The standard InChI is InChI=1S/C17H18F2N4O/c18-14-5-3-6-15(19)16(14)21-17(24)23-10-8-22(9-11-23)12-13-4-1-2-7-20-13/h1-7H,8-12H2,(H,21,24). The fourth-order valence-corrected chi connectivity index (χ4v) is 2.63. The van der Waals surface area contributed by atoms with Crippen LogP contribution in [-0.2, 0) is 6.54 Å². The third-order valence-electron chi connectivity index (χ3n) is 3.97. The zero-order chi connectivity index (χ0) is 16.9. The summed E-state index contributed by atoms with van der Waals surface area (Å²) in [5.41, 5.74) is 0.572. The van der Waals surface area contributed by atoms with Crippen molar-refractivity contribution in [2.75, 3.05) is 31.5 Å². The van der Waals surface area contributed by atoms with E-state index in [-0.39, 0.29) is 0 Å². The highest BCUT2D eigenvalue weighted by Gasteiger charge is 2.23. The molecule has 2 heterocycles. The van der Waals surface area contributed by atoms with Crippen molar-refractivity contribution in [2.24, 2.45) is 0 Å². The number of aromatic nitrogens is 1. The number of nitrogens with zero attached hydrogens (tertiary/aromatic N) is 3. The van der Waals surface area contributed by atoms with Crippen LogP contribution in [0.3, 0.4) is 0 Å². The van der Waals surface area contributed by atoms with Crippen molar-refractivity contribution in [2.45, 2.75) is 6.54 Å². The molecule has 1 aromatic heterocycles. The van der Waals surface area contributed by atoms with Crippen LogP contribution in [0.15, 0.2) is 42.6 Å². The lowest BCUT2D eigenvalue weighted by Gasteiger charge is -2.34. The van der Waals surface area contributed by atoms with Crippen molar-refractivity contribution < 1.29 is 13.6 Å². The van der Waals surface area contributed by atoms with E-state index < -0.39 is 23.4 Å². The van der Waals surface area contributed by atoms with E-state index in [1.54, 1.807) is 11.1 Å². The first-order chi connectivity index (χ1) is 11.6. The predicted octanol–water partition coefficient (Wildman–Crippen LogP) is 2.71. The molecule has 3 rings (SSSR count). The molecule has 0 saturated carbocycles. The van der Waals surface area contributed by atoms with Gasteiger partial charge in [-0.25, -0.2) is 13.6 Å². The van der Waals surface area contributed by atoms with Crippen LogP contribution in [0.4, 0.5) is 19.3 Å². The largest absolute Gasteiger partial charge is 0.322 e. The molecule has 2 aromatic rings. The number of benzene rings is 1. The molecule has 1 N–H and O–H groups in total. The van der Waals surface area contributed by atoms with Crippen LogP contribution in [0.5, 0.6) is 0 Å². The molecule has 7 heteroatoms. The SMILES string of the molecule is O=C(Nc1c(F)cccc1F)N1CCN(Cc2ccccn2)CC1. The van der Waals surface area contributed by atoms with Crippen LogP contribution >= 0.6 is 0 Å². The fraction of sp³-hybridized carbons (Fsp3) is 0.294. The van der Waals surface area contributed by atoms with Crippen LogP contribution < -0.4 is 5.32 Å². The monoisotopic (exact) mass is 332 g/mol. The van der Waals surface area contributed by atoms with Gasteiger partial charge in [-0.2, -0.15) is 0 Å². The molecule has 1 aromatic carbocycles. The maximum atomic E-state index is 13.6. The predicted molar refractivity (Wildman–Crippen MR) is 86.5 cm³/mol. The van der Waals surface area contributed by atoms with E-state index in [4.69, 9.17) is 0 Å². The molecular formula is C17H18F2N4O. The van der Waals surface area contributed by atoms with Gasteiger partial charge in [0.05, 0.1) is 5.69 Å². The summed E-state index contributed by atoms with van der Waals surface area (Å²) in [7, 11) is 0. The van der Waals surface area contributed by atoms with E-state index in [0.29, 0.717) is 26.2 Å². The highest BCUT2D eigenvalue weighted by molar-refractivity contribution is 5.89. The Morgan fingerprint density at radius 2 is 1.75 bits per heavy atom. The zero-order valence-electron chi connectivity index (χ0n) is 13.1. The quantitative estimate of drug-likeness (QED) is 0.940. The molecule has 1 fully saturated rings. The third kappa shape index (κ3) is 3.86. The highest BCUT2D eigenvalue weighted by atomic mass is 19.1. The summed E-state index contributed by atoms with van der Waals surface area (Å²) in [4.78, 5) is 20.2. The van der Waals surface area contributed by atoms with Gasteiger partial charge in [0.15, 0.2) is 0 Å². The number of halogens is 2. The minimum absolute atomic E-state index is 0.404. The number of amides is 2. The molecule has 1 saturated heterocycles. The minimum atomic E-state index is -0.780. The number of anilines is 1. The van der Waals surface area contributed by atoms with Gasteiger partial charge in [-0.05, 0) is 24.3 Å². The molecule has 0 atom stereocenters. The maximum absolute atomic E-state index is 13.6. The first-order valence-electron chi connectivity index (χ1n) is 7.75. The van der Waals surface area contributed by atoms with Crippen LogP contribution in [-0.4, -0.2) is 47.0 Å². The summed E-state index contributed by atoms with van der Waals surface area (Å²) in [6.45, 7) is 3.08. The Morgan fingerprint density at radius 3 is 2.38 bits per heavy atom. The van der Waals surface area contributed by atoms with Gasteiger partial charge in [0.1, 0.15) is 17.3 Å². The van der Waals surface area contributed by atoms with E-state index in [2.05, 4.69) is 15.2 Å². The molecule has 126 valence electrons. The summed E-state index contributed by atoms with van der Waals surface area (Å²) in [5, 5.41) is 2.32. The second kappa shape index (κ2) is 7.35. The Hall–Kier alpha value is -2.54. The number of piperazine rings is 1. The lowest BCUT2D eigenvalue weighted by atomic mass is 10.2. The van der Waals surface area contributed by atoms with Crippen molar-refractivity contribution in [3.8, 4) is 0 Å². The first kappa shape index (κ1) is 16.3. The van der Waals surface area contributed by atoms with Crippen LogP contribution in [0, 0.1) is 11.6 Å². The number of hydrogen-bond donors (Lipinski definition) is 1. The lowest BCUT2D eigenvalue weighted by molar-refractivity contribution is 0.142. The van der Waals surface area contributed by atoms with Gasteiger partial charge in [0, 0.05) is 38.9 Å². The summed E-state index contributed by atoms with van der Waals surface area (Å²) in [6.07, 6.45) is 1.75. The molecule has 0 radical (unpaired) electrons. The number of nitrogens with one attached hydrogen (secondary N) is 1. The van der Waals surface area contributed by atoms with Gasteiger partial charge < -0.3 is 10.2 Å². The summed E-state index contributed by atoms with van der Waals surface area (Å²) in [5.74, 6) is -1.56. The number of pyridine rings is 1. The molecular weight excluding hydrogens is 314 g/mol. The minimum Gasteiger partial charge on any atom is -0.322 e. The van der Waals surface area contributed by atoms with Crippen molar-refractivity contribution in [3.05, 3.63) is 59.9 Å². The van der Waals surface area contributed by atoms with Gasteiger partial charge in [-0.15, -0.1) is 0 Å². The van der Waals surface area contributed by atoms with Gasteiger partial charge in [-0.3, -0.25) is 9.88 Å². The second-order valence-corrected chi connectivity index (χ2v) is 5.61. The van der Waals surface area contributed by atoms with Gasteiger partial charge in [0.25, 0.3) is 0 Å². The van der Waals surface area contributed by atoms with Crippen molar-refractivity contribution >= 4 is 11.7 Å². The number of urea groups is 1. The Bertz CT molecular complexity index is 683. The Balaban J connectivity index is 1.54. The molecule has 1 aliphatic heterocycles. The number of carbonyl (C=O) groups is 1. The van der Waals surface area contributed by atoms with E-state index in [1.807, 2.05) is 18.2 Å². The molecule has 0 unspecified atom stereocenters. The van der Waals surface area contributed by atoms with Crippen LogP contribution in [0.2, 0.25) is 0 Å². The number of rotatable bonds is 3. The van der Waals surface area contributed by atoms with Gasteiger partial charge >= 0.3 is 6.03 Å². The topological polar surface area (TPSA) is 48.5 Å². The van der Waals surface area contributed by atoms with Crippen molar-refractivity contribution in [1.82, 2.24) is 14.8 Å². The summed E-state index contributed by atoms with van der Waals surface area (Å²) >= 11 is 0. The molecule has 0 spiro atoms. The maximum Gasteiger partial charge on any atom is 0.322 e. The average molecular weight is 332 g/mol. The van der Waals surface area contributed by atoms with Gasteiger partial charge in [-0.1, -0.05) is 12.1 Å². The summed E-state index contributed by atoms with van der Waals surface area (Å²) in [6, 6.07) is 8.77. The number of para-hydroxylation sites is 1. The van der Waals surface area contributed by atoms with Crippen LogP contribution in [0.25, 0.3) is 0 Å². The van der Waals surface area contributed by atoms with E-state index in [9.17, 15) is 13.6 Å². The second-order valence-electron chi connectivity index (χ2n) is 5.61. The van der Waals surface area contributed by atoms with Crippen LogP contribution in [0.1, 0.15) is 5.69 Å². The Morgan fingerprint density at radius 1 is 1.04 bits per heavy atom. The zero-order valence-corrected chi connectivity index (χ0v) is 13.1. The lowest BCUT2D eigenvalue weighted by Crippen LogP contribution is -2.49. The molecule has 24 heavy (non-hydrogen) atoms. The molecule has 1 aliphatic rings. The molecule has 5 nitrogen and oxygen atoms in total. The number of carbonyl (C=O) groups excluding carboxylic acids is 1. The third-order valence-corrected chi connectivity index (χ3v) is 3.97. The smallest absolute Gasteiger partial charge is 0.322 e. The highest BCUT2D eigenvalue weighted by Crippen LogP contribution is 2.19. The molecule has 0 bridgehead atoms. The average Bonchev–Trinajstić information content (AvgIpc) is 2.60.